The minimum absolute atomic E-state index is 0.111. The summed E-state index contributed by atoms with van der Waals surface area (Å²) in [5.41, 5.74) is 0. The van der Waals surface area contributed by atoms with Crippen LogP contribution in [0, 0.1) is 0 Å². The fraction of sp³-hybridized carbons (Fsp3) is 0.909. The van der Waals surface area contributed by atoms with Gasteiger partial charge in [0, 0.05) is 12.6 Å². The Balaban J connectivity index is 0. The first-order chi connectivity index (χ1) is 6.89. The Kier molecular flexibility index (Phi) is 11.1. The van der Waals surface area contributed by atoms with E-state index in [-0.39, 0.29) is 6.42 Å². The van der Waals surface area contributed by atoms with Gasteiger partial charge in [-0.1, -0.05) is 6.92 Å². The van der Waals surface area contributed by atoms with Crippen molar-refractivity contribution in [3.63, 3.8) is 0 Å². The summed E-state index contributed by atoms with van der Waals surface area (Å²) in [7, 11) is 4.44. The summed E-state index contributed by atoms with van der Waals surface area (Å²) < 4.78 is 6.31. The number of hydrogen-bond donors (Lipinski definition) is 0. The van der Waals surface area contributed by atoms with E-state index in [9.17, 15) is 9.90 Å². The number of carboxylic acid groups (broad SMARTS) is 1. The van der Waals surface area contributed by atoms with Crippen LogP contribution >= 0.6 is 0 Å². The van der Waals surface area contributed by atoms with E-state index in [1.165, 1.54) is 13.5 Å². The molecule has 0 unspecified atom stereocenters. The normalized spacial score (nSPS) is 10.5. The summed E-state index contributed by atoms with van der Waals surface area (Å²) >= 11 is 0. The first-order valence-electron chi connectivity index (χ1n) is 5.49. The lowest BCUT2D eigenvalue weighted by Gasteiger charge is -2.27. The van der Waals surface area contributed by atoms with Crippen molar-refractivity contribution < 1.29 is 19.1 Å². The van der Waals surface area contributed by atoms with Gasteiger partial charge in [0.15, 0.2) is 0 Å². The molecular formula is C11H25NO3. The number of hydrogen-bond acceptors (Lipinski definition) is 3. The van der Waals surface area contributed by atoms with E-state index in [1.807, 2.05) is 6.92 Å². The summed E-state index contributed by atoms with van der Waals surface area (Å²) in [6, 6.07) is 0. The number of likely N-dealkylation sites (N-methyl/N-ethyl adjacent to an activating group) is 1. The van der Waals surface area contributed by atoms with Crippen LogP contribution in [0.15, 0.2) is 0 Å². The fourth-order valence-electron chi connectivity index (χ4n) is 0.614. The largest absolute Gasteiger partial charge is 0.550 e. The maximum atomic E-state index is 9.26. The molecule has 4 nitrogen and oxygen atoms in total. The molecule has 0 aliphatic carbocycles. The van der Waals surface area contributed by atoms with E-state index >= 15 is 0 Å². The zero-order valence-corrected chi connectivity index (χ0v) is 10.7. The smallest absolute Gasteiger partial charge is 0.102 e. The third-order valence-corrected chi connectivity index (χ3v) is 2.19. The molecule has 0 fully saturated rings. The standard InChI is InChI=1S/C8H20NO.C3H6O2/c1-5-9(3,4)7-8-10-6-2;1-2-3(4)5/h5-8H2,1-4H3;2H2,1H3,(H,4,5)/q+1;/p-1. The van der Waals surface area contributed by atoms with Crippen molar-refractivity contribution in [3.05, 3.63) is 0 Å². The number of carbonyl (C=O) groups excluding carboxylic acids is 1. The second kappa shape index (κ2) is 9.93. The summed E-state index contributed by atoms with van der Waals surface area (Å²) in [6.07, 6.45) is 0.111. The second-order valence-electron chi connectivity index (χ2n) is 3.90. The highest BCUT2D eigenvalue weighted by Gasteiger charge is 2.09. The Hall–Kier alpha value is -0.610. The zero-order chi connectivity index (χ0) is 12.3. The van der Waals surface area contributed by atoms with Gasteiger partial charge in [0.05, 0.1) is 27.2 Å². The minimum Gasteiger partial charge on any atom is -0.550 e. The molecule has 0 atom stereocenters. The van der Waals surface area contributed by atoms with Crippen molar-refractivity contribution in [2.75, 3.05) is 40.4 Å². The van der Waals surface area contributed by atoms with E-state index in [0.29, 0.717) is 0 Å². The molecule has 0 aromatic heterocycles. The number of carbonyl (C=O) groups is 1. The summed E-state index contributed by atoms with van der Waals surface area (Å²) in [4.78, 5) is 9.26. The van der Waals surface area contributed by atoms with Crippen molar-refractivity contribution >= 4 is 5.97 Å². The van der Waals surface area contributed by atoms with E-state index < -0.39 is 5.97 Å². The lowest BCUT2D eigenvalue weighted by atomic mass is 10.4. The maximum Gasteiger partial charge on any atom is 0.102 e. The Labute approximate surface area is 93.4 Å². The number of quaternary nitrogens is 1. The predicted octanol–water partition coefficient (Wildman–Crippen LogP) is 0.266. The van der Waals surface area contributed by atoms with Gasteiger partial charge in [-0.2, -0.15) is 0 Å². The lowest BCUT2D eigenvalue weighted by molar-refractivity contribution is -0.888. The Morgan fingerprint density at radius 3 is 2.00 bits per heavy atom. The van der Waals surface area contributed by atoms with Crippen LogP contribution in [0.1, 0.15) is 27.2 Å². The lowest BCUT2D eigenvalue weighted by Crippen LogP contribution is -2.41. The molecule has 0 heterocycles. The molecule has 0 aliphatic heterocycles. The topological polar surface area (TPSA) is 49.4 Å². The summed E-state index contributed by atoms with van der Waals surface area (Å²) in [6.45, 7) is 9.78. The van der Waals surface area contributed by atoms with Crippen LogP contribution in [-0.4, -0.2) is 50.9 Å². The first-order valence-corrected chi connectivity index (χ1v) is 5.49. The first kappa shape index (κ1) is 16.8. The number of nitrogens with zero attached hydrogens (tertiary/aromatic N) is 1. The molecule has 0 rings (SSSR count). The molecule has 0 bridgehead atoms. The van der Waals surface area contributed by atoms with E-state index in [2.05, 4.69) is 21.0 Å². The summed E-state index contributed by atoms with van der Waals surface area (Å²) in [5, 5.41) is 9.26. The molecule has 0 saturated carbocycles. The molecule has 15 heavy (non-hydrogen) atoms. The molecule has 0 amide bonds. The highest BCUT2D eigenvalue weighted by molar-refractivity contribution is 5.63. The van der Waals surface area contributed by atoms with E-state index in [4.69, 9.17) is 4.74 Å². The maximum absolute atomic E-state index is 9.26. The van der Waals surface area contributed by atoms with Gasteiger partial charge in [0.2, 0.25) is 0 Å². The van der Waals surface area contributed by atoms with Crippen molar-refractivity contribution in [1.29, 1.82) is 0 Å². The fourth-order valence-corrected chi connectivity index (χ4v) is 0.614. The third-order valence-electron chi connectivity index (χ3n) is 2.19. The van der Waals surface area contributed by atoms with Crippen molar-refractivity contribution in [3.8, 4) is 0 Å². The molecule has 4 heteroatoms. The second-order valence-corrected chi connectivity index (χ2v) is 3.90. The van der Waals surface area contributed by atoms with Crippen LogP contribution in [0.5, 0.6) is 0 Å². The Morgan fingerprint density at radius 1 is 1.27 bits per heavy atom. The molecule has 0 radical (unpaired) electrons. The molecule has 0 aromatic carbocycles. The van der Waals surface area contributed by atoms with Crippen LogP contribution in [-0.2, 0) is 9.53 Å². The predicted molar refractivity (Wildman–Crippen MR) is 59.3 cm³/mol. The van der Waals surface area contributed by atoms with Gasteiger partial charge in [-0.15, -0.1) is 0 Å². The van der Waals surface area contributed by atoms with Gasteiger partial charge in [0.1, 0.15) is 6.54 Å². The number of rotatable bonds is 6. The monoisotopic (exact) mass is 219 g/mol. The molecule has 92 valence electrons. The third kappa shape index (κ3) is 16.1. The quantitative estimate of drug-likeness (QED) is 0.476. The number of aliphatic carboxylic acids is 1. The SMILES string of the molecule is CCC(=O)[O-].CCOCC[N+](C)(C)CC. The van der Waals surface area contributed by atoms with E-state index in [1.54, 1.807) is 0 Å². The molecule has 0 aliphatic rings. The molecule has 0 N–H and O–H groups in total. The highest BCUT2D eigenvalue weighted by atomic mass is 16.5. The number of ether oxygens (including phenoxy) is 1. The van der Waals surface area contributed by atoms with Gasteiger partial charge in [-0.25, -0.2) is 0 Å². The zero-order valence-electron chi connectivity index (χ0n) is 10.7. The average Bonchev–Trinajstić information content (AvgIpc) is 2.19. The van der Waals surface area contributed by atoms with Gasteiger partial charge in [0.25, 0.3) is 0 Å². The van der Waals surface area contributed by atoms with Gasteiger partial charge >= 0.3 is 0 Å². The molecule has 0 aromatic rings. The molecular weight excluding hydrogens is 194 g/mol. The van der Waals surface area contributed by atoms with Crippen molar-refractivity contribution in [2.24, 2.45) is 0 Å². The molecule has 0 saturated heterocycles. The minimum atomic E-state index is -0.995. The van der Waals surface area contributed by atoms with Crippen LogP contribution in [0.4, 0.5) is 0 Å². The summed E-state index contributed by atoms with van der Waals surface area (Å²) in [5.74, 6) is -0.995. The van der Waals surface area contributed by atoms with Crippen molar-refractivity contribution in [2.45, 2.75) is 27.2 Å². The Bertz CT molecular complexity index is 158. The van der Waals surface area contributed by atoms with E-state index in [0.717, 1.165) is 24.2 Å². The van der Waals surface area contributed by atoms with Crippen LogP contribution in [0.2, 0.25) is 0 Å². The van der Waals surface area contributed by atoms with Gasteiger partial charge < -0.3 is 19.1 Å². The van der Waals surface area contributed by atoms with Gasteiger partial charge in [-0.3, -0.25) is 0 Å². The Morgan fingerprint density at radius 2 is 1.73 bits per heavy atom. The van der Waals surface area contributed by atoms with Crippen LogP contribution < -0.4 is 5.11 Å². The average molecular weight is 219 g/mol. The van der Waals surface area contributed by atoms with Crippen molar-refractivity contribution in [1.82, 2.24) is 0 Å². The van der Waals surface area contributed by atoms with Gasteiger partial charge in [-0.05, 0) is 20.3 Å². The highest BCUT2D eigenvalue weighted by Crippen LogP contribution is 1.94. The van der Waals surface area contributed by atoms with Crippen LogP contribution in [0.25, 0.3) is 0 Å². The molecule has 0 spiro atoms. The number of carboxylic acids is 1. The van der Waals surface area contributed by atoms with Crippen LogP contribution in [0.3, 0.4) is 0 Å².